The molecule has 1 aromatic heterocycles. The summed E-state index contributed by atoms with van der Waals surface area (Å²) in [5, 5.41) is 11.7. The fourth-order valence-corrected chi connectivity index (χ4v) is 5.62. The van der Waals surface area contributed by atoms with Gasteiger partial charge in [0.15, 0.2) is 23.0 Å². The minimum Gasteiger partial charge on any atom is -0.493 e. The van der Waals surface area contributed by atoms with E-state index in [1.807, 2.05) is 66.7 Å². The number of β-amino-alcohol motifs (C(OH)–C–C–N with tert-alkyl or cyclic N) is 1. The van der Waals surface area contributed by atoms with Crippen LogP contribution in [0.25, 0.3) is 10.9 Å². The van der Waals surface area contributed by atoms with Crippen molar-refractivity contribution in [3.63, 3.8) is 0 Å². The van der Waals surface area contributed by atoms with E-state index in [0.717, 1.165) is 53.7 Å². The van der Waals surface area contributed by atoms with Gasteiger partial charge in [0.05, 0.1) is 40.1 Å². The molecule has 0 radical (unpaired) electrons. The van der Waals surface area contributed by atoms with Gasteiger partial charge in [0.25, 0.3) is 0 Å². The van der Waals surface area contributed by atoms with Crippen LogP contribution in [0.15, 0.2) is 72.9 Å². The van der Waals surface area contributed by atoms with Gasteiger partial charge in [-0.05, 0) is 60.9 Å². The van der Waals surface area contributed by atoms with Crippen LogP contribution in [-0.2, 0) is 4.74 Å². The van der Waals surface area contributed by atoms with Crippen LogP contribution in [0, 0.1) is 0 Å². The van der Waals surface area contributed by atoms with Gasteiger partial charge in [0.2, 0.25) is 0 Å². The zero-order chi connectivity index (χ0) is 30.2. The summed E-state index contributed by atoms with van der Waals surface area (Å²) in [6.07, 6.45) is 2.36. The highest BCUT2D eigenvalue weighted by Gasteiger charge is 2.29. The molecule has 1 aliphatic heterocycles. The third kappa shape index (κ3) is 7.13. The van der Waals surface area contributed by atoms with Gasteiger partial charge in [-0.1, -0.05) is 24.3 Å². The van der Waals surface area contributed by atoms with Crippen molar-refractivity contribution in [2.24, 2.45) is 0 Å². The number of likely N-dealkylation sites (tertiary alicyclic amines) is 1. The van der Waals surface area contributed by atoms with E-state index in [-0.39, 0.29) is 12.7 Å². The summed E-state index contributed by atoms with van der Waals surface area (Å²) < 4.78 is 35.2. The molecule has 0 aliphatic carbocycles. The van der Waals surface area contributed by atoms with Gasteiger partial charge < -0.3 is 38.4 Å². The summed E-state index contributed by atoms with van der Waals surface area (Å²) in [5.74, 6) is 3.27. The Balaban J connectivity index is 1.24. The zero-order valence-electron chi connectivity index (χ0n) is 25.2. The molecule has 0 bridgehead atoms. The molecular weight excluding hydrogens is 548 g/mol. The summed E-state index contributed by atoms with van der Waals surface area (Å²) in [7, 11) is 6.51. The van der Waals surface area contributed by atoms with Crippen molar-refractivity contribution in [2.45, 2.75) is 31.2 Å². The number of ether oxygens (including phenoxy) is 6. The number of piperidine rings is 1. The lowest BCUT2D eigenvalue weighted by atomic mass is 9.98. The van der Waals surface area contributed by atoms with Crippen molar-refractivity contribution in [1.29, 1.82) is 0 Å². The quantitative estimate of drug-likeness (QED) is 0.224. The van der Waals surface area contributed by atoms with Gasteiger partial charge in [-0.2, -0.15) is 0 Å². The molecule has 4 aromatic rings. The van der Waals surface area contributed by atoms with Gasteiger partial charge in [0, 0.05) is 36.8 Å². The van der Waals surface area contributed by atoms with E-state index in [2.05, 4.69) is 9.88 Å². The number of aliphatic hydroxyl groups is 1. The predicted molar refractivity (Wildman–Crippen MR) is 165 cm³/mol. The highest BCUT2D eigenvalue weighted by Crippen LogP contribution is 2.42. The lowest BCUT2D eigenvalue weighted by molar-refractivity contribution is -0.0353. The Morgan fingerprint density at radius 2 is 1.56 bits per heavy atom. The molecule has 5 rings (SSSR count). The first kappa shape index (κ1) is 30.4. The summed E-state index contributed by atoms with van der Waals surface area (Å²) in [5.41, 5.74) is 2.66. The molecule has 2 unspecified atom stereocenters. The Morgan fingerprint density at radius 1 is 0.814 bits per heavy atom. The predicted octanol–water partition coefficient (Wildman–Crippen LogP) is 5.28. The van der Waals surface area contributed by atoms with E-state index >= 15 is 0 Å². The Kier molecular flexibility index (Phi) is 10.2. The van der Waals surface area contributed by atoms with Crippen molar-refractivity contribution in [1.82, 2.24) is 9.88 Å². The average molecular weight is 589 g/mol. The average Bonchev–Trinajstić information content (AvgIpc) is 3.06. The van der Waals surface area contributed by atoms with Crippen LogP contribution in [0.4, 0.5) is 0 Å². The van der Waals surface area contributed by atoms with E-state index < -0.39 is 12.2 Å². The lowest BCUT2D eigenvalue weighted by Crippen LogP contribution is -2.42. The number of methoxy groups -OCH3 is 4. The van der Waals surface area contributed by atoms with Crippen molar-refractivity contribution < 1.29 is 33.5 Å². The fourth-order valence-electron chi connectivity index (χ4n) is 5.62. The van der Waals surface area contributed by atoms with E-state index in [1.165, 1.54) is 0 Å². The first-order chi connectivity index (χ1) is 21.0. The van der Waals surface area contributed by atoms with Crippen LogP contribution in [0.3, 0.4) is 0 Å². The van der Waals surface area contributed by atoms with Crippen LogP contribution in [-0.4, -0.2) is 81.9 Å². The summed E-state index contributed by atoms with van der Waals surface area (Å²) in [6, 6.07) is 21.3. The smallest absolute Gasteiger partial charge is 0.166 e. The van der Waals surface area contributed by atoms with E-state index in [0.29, 0.717) is 29.5 Å². The van der Waals surface area contributed by atoms with Crippen molar-refractivity contribution in [3.05, 3.63) is 84.1 Å². The van der Waals surface area contributed by atoms with Crippen molar-refractivity contribution in [2.75, 3.05) is 54.7 Å². The fraction of sp³-hybridized carbons (Fsp3) is 0.382. The second-order valence-corrected chi connectivity index (χ2v) is 10.5. The number of rotatable bonds is 13. The zero-order valence-corrected chi connectivity index (χ0v) is 25.2. The second kappa shape index (κ2) is 14.4. The molecule has 0 amide bonds. The molecule has 0 saturated carbocycles. The third-order valence-electron chi connectivity index (χ3n) is 7.80. The lowest BCUT2D eigenvalue weighted by Gasteiger charge is -2.35. The topological polar surface area (TPSA) is 91.7 Å². The van der Waals surface area contributed by atoms with Crippen LogP contribution >= 0.6 is 0 Å². The number of nitrogens with zero attached hydrogens (tertiary/aromatic N) is 2. The van der Waals surface area contributed by atoms with Crippen LogP contribution in [0.5, 0.6) is 28.7 Å². The molecule has 228 valence electrons. The van der Waals surface area contributed by atoms with E-state index in [4.69, 9.17) is 28.4 Å². The molecule has 9 heteroatoms. The number of hydrogen-bond donors (Lipinski definition) is 1. The number of hydrogen-bond acceptors (Lipinski definition) is 9. The molecule has 2 atom stereocenters. The molecule has 43 heavy (non-hydrogen) atoms. The molecule has 1 saturated heterocycles. The Morgan fingerprint density at radius 3 is 2.30 bits per heavy atom. The summed E-state index contributed by atoms with van der Waals surface area (Å²) in [4.78, 5) is 6.64. The minimum absolute atomic E-state index is 0.00169. The molecule has 1 N–H and O–H groups in total. The Bertz CT molecular complexity index is 1480. The summed E-state index contributed by atoms with van der Waals surface area (Å²) in [6.45, 7) is 2.33. The first-order valence-corrected chi connectivity index (χ1v) is 14.5. The third-order valence-corrected chi connectivity index (χ3v) is 7.80. The molecule has 2 heterocycles. The molecule has 1 aliphatic rings. The normalized spacial score (nSPS) is 15.6. The van der Waals surface area contributed by atoms with Crippen molar-refractivity contribution in [3.8, 4) is 28.7 Å². The molecule has 1 fully saturated rings. The number of fused-ring (bicyclic) bond motifs is 1. The highest BCUT2D eigenvalue weighted by atomic mass is 16.5. The molecule has 0 spiro atoms. The second-order valence-electron chi connectivity index (χ2n) is 10.5. The maximum absolute atomic E-state index is 10.8. The Hall–Kier alpha value is -4.05. The SMILES string of the molecule is COc1ccc(C(OC2CCN(CC(O)COc3cccc4ncccc34)CC2)c2cccc(OC)c2OC)cc1OC. The first-order valence-electron chi connectivity index (χ1n) is 14.5. The van der Waals surface area contributed by atoms with Gasteiger partial charge in [-0.25, -0.2) is 0 Å². The van der Waals surface area contributed by atoms with Gasteiger partial charge in [-0.3, -0.25) is 4.98 Å². The Labute approximate surface area is 252 Å². The number of aliphatic hydroxyl groups excluding tert-OH is 1. The van der Waals surface area contributed by atoms with Crippen LogP contribution < -0.4 is 23.7 Å². The minimum atomic E-state index is -0.620. The van der Waals surface area contributed by atoms with E-state index in [9.17, 15) is 5.11 Å². The monoisotopic (exact) mass is 588 g/mol. The number of benzene rings is 3. The molecule has 3 aromatic carbocycles. The van der Waals surface area contributed by atoms with Gasteiger partial charge >= 0.3 is 0 Å². The number of aromatic nitrogens is 1. The van der Waals surface area contributed by atoms with Gasteiger partial charge in [-0.15, -0.1) is 0 Å². The van der Waals surface area contributed by atoms with Crippen LogP contribution in [0.2, 0.25) is 0 Å². The van der Waals surface area contributed by atoms with Gasteiger partial charge in [0.1, 0.15) is 24.6 Å². The highest BCUT2D eigenvalue weighted by molar-refractivity contribution is 5.84. The molecular formula is C34H40N2O7. The largest absolute Gasteiger partial charge is 0.493 e. The van der Waals surface area contributed by atoms with Crippen molar-refractivity contribution >= 4 is 10.9 Å². The maximum atomic E-state index is 10.8. The number of para-hydroxylation sites is 1. The van der Waals surface area contributed by atoms with E-state index in [1.54, 1.807) is 34.6 Å². The number of pyridine rings is 1. The standard InChI is InChI=1S/C34H40N2O7/c1-38-30-14-13-23(20-32(30)40-3)33(27-8-5-12-31(39-2)34(27)41-4)43-25-15-18-36(19-16-25)21-24(37)22-42-29-11-6-10-28-26(29)9-7-17-35-28/h5-14,17,20,24-25,33,37H,15-16,18-19,21-22H2,1-4H3. The maximum Gasteiger partial charge on any atom is 0.166 e. The summed E-state index contributed by atoms with van der Waals surface area (Å²) >= 11 is 0. The molecule has 9 nitrogen and oxygen atoms in total. The van der Waals surface area contributed by atoms with Crippen LogP contribution in [0.1, 0.15) is 30.1 Å².